The Bertz CT molecular complexity index is 488. The van der Waals surface area contributed by atoms with Gasteiger partial charge in [-0.1, -0.05) is 6.07 Å². The van der Waals surface area contributed by atoms with Crippen LogP contribution in [0.4, 0.5) is 0 Å². The van der Waals surface area contributed by atoms with Gasteiger partial charge in [0, 0.05) is 18.1 Å². The van der Waals surface area contributed by atoms with Crippen molar-refractivity contribution in [1.82, 2.24) is 9.97 Å². The summed E-state index contributed by atoms with van der Waals surface area (Å²) in [4.78, 5) is 8.39. The molecule has 4 nitrogen and oxygen atoms in total. The number of ether oxygens (including phenoxy) is 1. The normalized spacial score (nSPS) is 12.1. The van der Waals surface area contributed by atoms with Crippen molar-refractivity contribution >= 4 is 0 Å². The van der Waals surface area contributed by atoms with Gasteiger partial charge in [0.1, 0.15) is 17.5 Å². The molecule has 0 spiro atoms. The lowest BCUT2D eigenvalue weighted by molar-refractivity contribution is 0.158. The first kappa shape index (κ1) is 12.5. The van der Waals surface area contributed by atoms with E-state index >= 15 is 0 Å². The highest BCUT2D eigenvalue weighted by atomic mass is 16.5. The van der Waals surface area contributed by atoms with Gasteiger partial charge in [-0.2, -0.15) is 0 Å². The van der Waals surface area contributed by atoms with E-state index in [1.54, 1.807) is 31.6 Å². The molecule has 1 atom stereocenters. The minimum atomic E-state index is -0.636. The first-order valence-electron chi connectivity index (χ1n) is 5.88. The lowest BCUT2D eigenvalue weighted by atomic mass is 10.1. The van der Waals surface area contributed by atoms with Crippen LogP contribution < -0.4 is 4.74 Å². The molecule has 2 heterocycles. The summed E-state index contributed by atoms with van der Waals surface area (Å²) in [6.45, 7) is 0. The summed E-state index contributed by atoms with van der Waals surface area (Å²) in [5.74, 6) is 0.617. The van der Waals surface area contributed by atoms with Gasteiger partial charge in [-0.25, -0.2) is 0 Å². The molecule has 2 aromatic heterocycles. The molecule has 0 radical (unpaired) electrons. The van der Waals surface area contributed by atoms with Crippen LogP contribution in [-0.4, -0.2) is 22.2 Å². The Kier molecular flexibility index (Phi) is 4.25. The third kappa shape index (κ3) is 3.05. The first-order chi connectivity index (χ1) is 8.81. The molecule has 0 saturated heterocycles. The molecule has 18 heavy (non-hydrogen) atoms. The Hall–Kier alpha value is -1.94. The number of nitrogens with zero attached hydrogens (tertiary/aromatic N) is 2. The van der Waals surface area contributed by atoms with Gasteiger partial charge in [-0.15, -0.1) is 0 Å². The molecular formula is C14H16N2O2. The summed E-state index contributed by atoms with van der Waals surface area (Å²) in [5, 5.41) is 10.1. The van der Waals surface area contributed by atoms with Crippen molar-refractivity contribution in [3.05, 3.63) is 54.1 Å². The van der Waals surface area contributed by atoms with E-state index in [0.717, 1.165) is 5.69 Å². The van der Waals surface area contributed by atoms with E-state index in [0.29, 0.717) is 24.3 Å². The smallest absolute Gasteiger partial charge is 0.143 e. The van der Waals surface area contributed by atoms with Crippen molar-refractivity contribution in [3.63, 3.8) is 0 Å². The largest absolute Gasteiger partial charge is 0.495 e. The molecule has 0 saturated carbocycles. The summed E-state index contributed by atoms with van der Waals surface area (Å²) in [6.07, 6.45) is 4.06. The molecule has 1 unspecified atom stereocenters. The third-order valence-electron chi connectivity index (χ3n) is 2.74. The number of hydrogen-bond donors (Lipinski definition) is 1. The van der Waals surface area contributed by atoms with Crippen molar-refractivity contribution in [2.24, 2.45) is 0 Å². The number of aliphatic hydroxyl groups is 1. The van der Waals surface area contributed by atoms with Crippen LogP contribution in [0.3, 0.4) is 0 Å². The SMILES string of the molecule is COc1cccnc1C(O)CCc1ccccn1. The predicted molar refractivity (Wildman–Crippen MR) is 68.3 cm³/mol. The molecule has 0 fully saturated rings. The molecule has 4 heteroatoms. The van der Waals surface area contributed by atoms with Crippen LogP contribution in [0.25, 0.3) is 0 Å². The second-order valence-corrected chi connectivity index (χ2v) is 3.97. The Balaban J connectivity index is 2.01. The maximum Gasteiger partial charge on any atom is 0.143 e. The Morgan fingerprint density at radius 3 is 2.72 bits per heavy atom. The summed E-state index contributed by atoms with van der Waals surface area (Å²) < 4.78 is 5.18. The van der Waals surface area contributed by atoms with Crippen molar-refractivity contribution in [1.29, 1.82) is 0 Å². The Morgan fingerprint density at radius 1 is 1.17 bits per heavy atom. The average molecular weight is 244 g/mol. The van der Waals surface area contributed by atoms with E-state index in [4.69, 9.17) is 4.74 Å². The van der Waals surface area contributed by atoms with Gasteiger partial charge in [-0.3, -0.25) is 9.97 Å². The molecule has 1 N–H and O–H groups in total. The van der Waals surface area contributed by atoms with Crippen molar-refractivity contribution in [2.75, 3.05) is 7.11 Å². The molecule has 94 valence electrons. The van der Waals surface area contributed by atoms with Gasteiger partial charge < -0.3 is 9.84 Å². The molecular weight excluding hydrogens is 228 g/mol. The summed E-state index contributed by atoms with van der Waals surface area (Å²) in [7, 11) is 1.58. The maximum atomic E-state index is 10.1. The van der Waals surface area contributed by atoms with E-state index in [1.165, 1.54) is 0 Å². The van der Waals surface area contributed by atoms with Crippen LogP contribution in [0.2, 0.25) is 0 Å². The van der Waals surface area contributed by atoms with Crippen molar-refractivity contribution in [3.8, 4) is 5.75 Å². The monoisotopic (exact) mass is 244 g/mol. The van der Waals surface area contributed by atoms with Crippen LogP contribution in [0.1, 0.15) is 23.9 Å². The highest BCUT2D eigenvalue weighted by Gasteiger charge is 2.14. The fraction of sp³-hybridized carbons (Fsp3) is 0.286. The lowest BCUT2D eigenvalue weighted by Gasteiger charge is -2.13. The fourth-order valence-corrected chi connectivity index (χ4v) is 1.79. The number of aryl methyl sites for hydroxylation is 1. The quantitative estimate of drug-likeness (QED) is 0.875. The molecule has 0 bridgehead atoms. The number of aliphatic hydroxyl groups excluding tert-OH is 1. The fourth-order valence-electron chi connectivity index (χ4n) is 1.79. The molecule has 0 aromatic carbocycles. The highest BCUT2D eigenvalue weighted by molar-refractivity contribution is 5.28. The van der Waals surface area contributed by atoms with Gasteiger partial charge in [-0.05, 0) is 37.1 Å². The number of hydrogen-bond acceptors (Lipinski definition) is 4. The third-order valence-corrected chi connectivity index (χ3v) is 2.74. The van der Waals surface area contributed by atoms with Crippen LogP contribution in [0, 0.1) is 0 Å². The van der Waals surface area contributed by atoms with Crippen LogP contribution in [0.5, 0.6) is 5.75 Å². The van der Waals surface area contributed by atoms with Crippen molar-refractivity contribution in [2.45, 2.75) is 18.9 Å². The second kappa shape index (κ2) is 6.12. The summed E-state index contributed by atoms with van der Waals surface area (Å²) in [5.41, 5.74) is 1.54. The van der Waals surface area contributed by atoms with Gasteiger partial charge >= 0.3 is 0 Å². The number of aromatic nitrogens is 2. The summed E-state index contributed by atoms with van der Waals surface area (Å²) in [6, 6.07) is 9.35. The number of methoxy groups -OCH3 is 1. The van der Waals surface area contributed by atoms with E-state index in [2.05, 4.69) is 9.97 Å². The van der Waals surface area contributed by atoms with Gasteiger partial charge in [0.25, 0.3) is 0 Å². The molecule has 2 aromatic rings. The number of pyridine rings is 2. The Labute approximate surface area is 106 Å². The van der Waals surface area contributed by atoms with Crippen molar-refractivity contribution < 1.29 is 9.84 Å². The molecule has 0 aliphatic carbocycles. The Morgan fingerprint density at radius 2 is 2.00 bits per heavy atom. The van der Waals surface area contributed by atoms with Gasteiger partial charge in [0.15, 0.2) is 0 Å². The van der Waals surface area contributed by atoms with Crippen LogP contribution in [0.15, 0.2) is 42.7 Å². The minimum absolute atomic E-state index is 0.574. The predicted octanol–water partition coefficient (Wildman–Crippen LogP) is 2.15. The van der Waals surface area contributed by atoms with Gasteiger partial charge in [0.05, 0.1) is 7.11 Å². The summed E-state index contributed by atoms with van der Waals surface area (Å²) >= 11 is 0. The zero-order valence-corrected chi connectivity index (χ0v) is 10.3. The number of rotatable bonds is 5. The highest BCUT2D eigenvalue weighted by Crippen LogP contribution is 2.25. The molecule has 0 amide bonds. The zero-order valence-electron chi connectivity index (χ0n) is 10.3. The van der Waals surface area contributed by atoms with Crippen LogP contribution >= 0.6 is 0 Å². The maximum absolute atomic E-state index is 10.1. The molecule has 2 rings (SSSR count). The topological polar surface area (TPSA) is 55.2 Å². The van der Waals surface area contributed by atoms with E-state index in [9.17, 15) is 5.11 Å². The standard InChI is InChI=1S/C14H16N2O2/c1-18-13-6-4-10-16-14(13)12(17)8-7-11-5-2-3-9-15-11/h2-6,9-10,12,17H,7-8H2,1H3. The van der Waals surface area contributed by atoms with E-state index in [1.807, 2.05) is 18.2 Å². The lowest BCUT2D eigenvalue weighted by Crippen LogP contribution is -2.05. The molecule has 0 aliphatic rings. The second-order valence-electron chi connectivity index (χ2n) is 3.97. The van der Waals surface area contributed by atoms with Gasteiger partial charge in [0.2, 0.25) is 0 Å². The van der Waals surface area contributed by atoms with E-state index in [-0.39, 0.29) is 0 Å². The van der Waals surface area contributed by atoms with Crippen LogP contribution in [-0.2, 0) is 6.42 Å². The average Bonchev–Trinajstić information content (AvgIpc) is 2.45. The minimum Gasteiger partial charge on any atom is -0.495 e. The molecule has 0 aliphatic heterocycles. The van der Waals surface area contributed by atoms with E-state index < -0.39 is 6.10 Å². The zero-order chi connectivity index (χ0) is 12.8. The first-order valence-corrected chi connectivity index (χ1v) is 5.88.